The summed E-state index contributed by atoms with van der Waals surface area (Å²) in [6.45, 7) is 2.67. The summed E-state index contributed by atoms with van der Waals surface area (Å²) in [4.78, 5) is 15.7. The molecule has 4 aromatic rings. The molecule has 1 aromatic heterocycles. The van der Waals surface area contributed by atoms with Gasteiger partial charge in [0.25, 0.3) is 0 Å². The minimum Gasteiger partial charge on any atom is -0.444 e. The lowest BCUT2D eigenvalue weighted by Gasteiger charge is -2.20. The highest BCUT2D eigenvalue weighted by Crippen LogP contribution is 2.34. The van der Waals surface area contributed by atoms with Crippen molar-refractivity contribution in [3.05, 3.63) is 99.7 Å². The summed E-state index contributed by atoms with van der Waals surface area (Å²) in [7, 11) is 0. The molecular formula is C25H24BrN3O2. The van der Waals surface area contributed by atoms with E-state index in [1.807, 2.05) is 61.7 Å². The van der Waals surface area contributed by atoms with Gasteiger partial charge in [-0.05, 0) is 47.4 Å². The van der Waals surface area contributed by atoms with Crippen LogP contribution >= 0.6 is 15.9 Å². The number of halogens is 1. The number of aromatic nitrogens is 1. The van der Waals surface area contributed by atoms with Crippen molar-refractivity contribution in [3.63, 3.8) is 0 Å². The molecule has 4 rings (SSSR count). The maximum Gasteiger partial charge on any atom is 0.411 e. The third-order valence-electron chi connectivity index (χ3n) is 5.49. The van der Waals surface area contributed by atoms with E-state index in [4.69, 9.17) is 10.5 Å². The highest BCUT2D eigenvalue weighted by atomic mass is 79.9. The maximum absolute atomic E-state index is 12.4. The fraction of sp³-hybridized carbons (Fsp3) is 0.160. The number of nitrogens with one attached hydrogen (secondary N) is 2. The number of carbonyl (C=O) groups excluding carboxylic acids is 1. The molecule has 0 saturated heterocycles. The molecule has 4 N–H and O–H groups in total. The van der Waals surface area contributed by atoms with Crippen LogP contribution in [-0.4, -0.2) is 17.6 Å². The number of benzene rings is 3. The van der Waals surface area contributed by atoms with E-state index in [1.54, 1.807) is 0 Å². The SMILES string of the molecule is Cc1c(NC(=O)OCc2ccccc2)cccc1C(CN)c1c[nH]c2cc(Br)ccc12. The minimum absolute atomic E-state index is 0.00276. The highest BCUT2D eigenvalue weighted by Gasteiger charge is 2.20. The topological polar surface area (TPSA) is 80.1 Å². The van der Waals surface area contributed by atoms with E-state index in [9.17, 15) is 4.79 Å². The summed E-state index contributed by atoms with van der Waals surface area (Å²) in [5, 5.41) is 4.01. The van der Waals surface area contributed by atoms with Crippen molar-refractivity contribution >= 4 is 38.6 Å². The summed E-state index contributed by atoms with van der Waals surface area (Å²) in [6, 6.07) is 21.7. The Morgan fingerprint density at radius 2 is 1.90 bits per heavy atom. The fourth-order valence-corrected chi connectivity index (χ4v) is 4.23. The number of hydrogen-bond acceptors (Lipinski definition) is 3. The van der Waals surface area contributed by atoms with Gasteiger partial charge >= 0.3 is 6.09 Å². The van der Waals surface area contributed by atoms with Crippen LogP contribution in [0.15, 0.2) is 77.4 Å². The predicted octanol–water partition coefficient (Wildman–Crippen LogP) is 6.08. The van der Waals surface area contributed by atoms with Crippen LogP contribution in [0.25, 0.3) is 10.9 Å². The number of aromatic amines is 1. The van der Waals surface area contributed by atoms with Crippen LogP contribution in [0.1, 0.15) is 28.2 Å². The normalized spacial score (nSPS) is 12.0. The summed E-state index contributed by atoms with van der Waals surface area (Å²) in [5.74, 6) is -0.00276. The van der Waals surface area contributed by atoms with Crippen molar-refractivity contribution < 1.29 is 9.53 Å². The molecule has 3 aromatic carbocycles. The fourth-order valence-electron chi connectivity index (χ4n) is 3.87. The Morgan fingerprint density at radius 3 is 2.68 bits per heavy atom. The molecule has 0 saturated carbocycles. The first-order chi connectivity index (χ1) is 15.1. The van der Waals surface area contributed by atoms with Gasteiger partial charge < -0.3 is 15.5 Å². The number of amides is 1. The van der Waals surface area contributed by atoms with Crippen LogP contribution in [-0.2, 0) is 11.3 Å². The van der Waals surface area contributed by atoms with E-state index in [-0.39, 0.29) is 12.5 Å². The Hall–Kier alpha value is -3.09. The Morgan fingerprint density at radius 1 is 1.10 bits per heavy atom. The van der Waals surface area contributed by atoms with E-state index >= 15 is 0 Å². The third kappa shape index (κ3) is 4.65. The molecule has 5 nitrogen and oxygen atoms in total. The first-order valence-corrected chi connectivity index (χ1v) is 10.9. The molecule has 0 spiro atoms. The molecule has 0 aliphatic carbocycles. The molecule has 1 amide bonds. The zero-order valence-electron chi connectivity index (χ0n) is 17.2. The summed E-state index contributed by atoms with van der Waals surface area (Å²) in [6.07, 6.45) is 1.54. The van der Waals surface area contributed by atoms with E-state index < -0.39 is 6.09 Å². The quantitative estimate of drug-likeness (QED) is 0.314. The Labute approximate surface area is 189 Å². The average molecular weight is 478 g/mol. The molecular weight excluding hydrogens is 454 g/mol. The van der Waals surface area contributed by atoms with Crippen molar-refractivity contribution in [2.24, 2.45) is 5.73 Å². The van der Waals surface area contributed by atoms with Gasteiger partial charge in [0.1, 0.15) is 6.61 Å². The van der Waals surface area contributed by atoms with Gasteiger partial charge in [-0.15, -0.1) is 0 Å². The molecule has 158 valence electrons. The van der Waals surface area contributed by atoms with Gasteiger partial charge in [0.05, 0.1) is 0 Å². The molecule has 0 bridgehead atoms. The van der Waals surface area contributed by atoms with Crippen LogP contribution in [0.5, 0.6) is 0 Å². The zero-order chi connectivity index (χ0) is 21.8. The standard InChI is InChI=1S/C25H24BrN3O2/c1-16-19(21(13-27)22-14-28-24-12-18(26)10-11-20(22)24)8-5-9-23(16)29-25(30)31-15-17-6-3-2-4-7-17/h2-12,14,21,28H,13,15,27H2,1H3,(H,29,30). The first-order valence-electron chi connectivity index (χ1n) is 10.1. The number of H-pyrrole nitrogens is 1. The molecule has 0 aliphatic heterocycles. The molecule has 6 heteroatoms. The van der Waals surface area contributed by atoms with Gasteiger partial charge in [-0.1, -0.05) is 64.5 Å². The van der Waals surface area contributed by atoms with Crippen LogP contribution in [0.4, 0.5) is 10.5 Å². The second-order valence-electron chi connectivity index (χ2n) is 7.43. The van der Waals surface area contributed by atoms with Crippen molar-refractivity contribution in [1.82, 2.24) is 4.98 Å². The largest absolute Gasteiger partial charge is 0.444 e. The van der Waals surface area contributed by atoms with Gasteiger partial charge in [-0.3, -0.25) is 5.32 Å². The number of carbonyl (C=O) groups is 1. The van der Waals surface area contributed by atoms with Crippen molar-refractivity contribution in [1.29, 1.82) is 0 Å². The average Bonchev–Trinajstić information content (AvgIpc) is 3.19. The molecule has 1 heterocycles. The number of rotatable bonds is 6. The lowest BCUT2D eigenvalue weighted by Crippen LogP contribution is -2.17. The van der Waals surface area contributed by atoms with Gasteiger partial charge in [0.15, 0.2) is 0 Å². The summed E-state index contributed by atoms with van der Waals surface area (Å²) >= 11 is 3.52. The Balaban J connectivity index is 1.56. The maximum atomic E-state index is 12.4. The van der Waals surface area contributed by atoms with Crippen molar-refractivity contribution in [2.75, 3.05) is 11.9 Å². The van der Waals surface area contributed by atoms with Gasteiger partial charge in [0, 0.05) is 39.7 Å². The highest BCUT2D eigenvalue weighted by molar-refractivity contribution is 9.10. The zero-order valence-corrected chi connectivity index (χ0v) is 18.8. The predicted molar refractivity (Wildman–Crippen MR) is 128 cm³/mol. The number of hydrogen-bond donors (Lipinski definition) is 3. The molecule has 1 unspecified atom stereocenters. The van der Waals surface area contributed by atoms with E-state index in [2.05, 4.69) is 44.4 Å². The van der Waals surface area contributed by atoms with Gasteiger partial charge in [0.2, 0.25) is 0 Å². The van der Waals surface area contributed by atoms with E-state index in [0.717, 1.165) is 43.3 Å². The summed E-state index contributed by atoms with van der Waals surface area (Å²) < 4.78 is 6.39. The Kier molecular flexibility index (Phi) is 6.39. The first kappa shape index (κ1) is 21.2. The number of anilines is 1. The number of ether oxygens (including phenoxy) is 1. The van der Waals surface area contributed by atoms with Crippen LogP contribution < -0.4 is 11.1 Å². The molecule has 0 radical (unpaired) electrons. The van der Waals surface area contributed by atoms with Gasteiger partial charge in [-0.2, -0.15) is 0 Å². The number of fused-ring (bicyclic) bond motifs is 1. The lowest BCUT2D eigenvalue weighted by molar-refractivity contribution is 0.155. The second kappa shape index (κ2) is 9.37. The Bertz CT molecular complexity index is 1200. The molecule has 0 fully saturated rings. The summed E-state index contributed by atoms with van der Waals surface area (Å²) in [5.41, 5.74) is 12.1. The van der Waals surface area contributed by atoms with Crippen LogP contribution in [0.2, 0.25) is 0 Å². The number of nitrogens with two attached hydrogens (primary N) is 1. The molecule has 31 heavy (non-hydrogen) atoms. The smallest absolute Gasteiger partial charge is 0.411 e. The molecule has 1 atom stereocenters. The lowest BCUT2D eigenvalue weighted by atomic mass is 9.87. The third-order valence-corrected chi connectivity index (χ3v) is 5.98. The van der Waals surface area contributed by atoms with Crippen molar-refractivity contribution in [3.8, 4) is 0 Å². The van der Waals surface area contributed by atoms with Crippen molar-refractivity contribution in [2.45, 2.75) is 19.4 Å². The van der Waals surface area contributed by atoms with Crippen LogP contribution in [0.3, 0.4) is 0 Å². The second-order valence-corrected chi connectivity index (χ2v) is 8.34. The minimum atomic E-state index is -0.481. The van der Waals surface area contributed by atoms with Crippen LogP contribution in [0, 0.1) is 6.92 Å². The van der Waals surface area contributed by atoms with E-state index in [1.165, 1.54) is 0 Å². The van der Waals surface area contributed by atoms with Gasteiger partial charge in [-0.25, -0.2) is 4.79 Å². The van der Waals surface area contributed by atoms with E-state index in [0.29, 0.717) is 6.54 Å². The monoisotopic (exact) mass is 477 g/mol. The molecule has 0 aliphatic rings.